The maximum Gasteiger partial charge on any atom is 0.118 e. The highest BCUT2D eigenvalue weighted by Crippen LogP contribution is 2.47. The van der Waals surface area contributed by atoms with Crippen LogP contribution in [0.2, 0.25) is 10.0 Å². The molecule has 1 heterocycles. The van der Waals surface area contributed by atoms with Gasteiger partial charge in [0.15, 0.2) is 0 Å². The molecule has 0 aromatic heterocycles. The lowest BCUT2D eigenvalue weighted by Crippen LogP contribution is -2.43. The monoisotopic (exact) mass is 375 g/mol. The van der Waals surface area contributed by atoms with Crippen molar-refractivity contribution in [3.63, 3.8) is 0 Å². The average Bonchev–Trinajstić information content (AvgIpc) is 2.71. The molecule has 0 radical (unpaired) electrons. The van der Waals surface area contributed by atoms with Crippen molar-refractivity contribution in [3.05, 3.63) is 68.7 Å². The van der Waals surface area contributed by atoms with Crippen LogP contribution in [0.25, 0.3) is 0 Å². The minimum atomic E-state index is -0.975. The van der Waals surface area contributed by atoms with Gasteiger partial charge in [-0.1, -0.05) is 35.3 Å². The number of halogens is 2. The van der Waals surface area contributed by atoms with Crippen molar-refractivity contribution in [2.24, 2.45) is 5.92 Å². The Morgan fingerprint density at radius 1 is 0.920 bits per heavy atom. The third-order valence-corrected chi connectivity index (χ3v) is 6.40. The van der Waals surface area contributed by atoms with Crippen molar-refractivity contribution >= 4 is 23.2 Å². The van der Waals surface area contributed by atoms with Crippen molar-refractivity contribution in [3.8, 4) is 0 Å². The summed E-state index contributed by atoms with van der Waals surface area (Å²) in [5.74, 6) is 0.196. The number of aliphatic hydroxyl groups is 1. The lowest BCUT2D eigenvalue weighted by molar-refractivity contribution is -0.0113. The van der Waals surface area contributed by atoms with Crippen molar-refractivity contribution in [1.29, 1.82) is 0 Å². The van der Waals surface area contributed by atoms with Crippen molar-refractivity contribution in [2.45, 2.75) is 31.3 Å². The van der Waals surface area contributed by atoms with E-state index in [1.807, 2.05) is 36.4 Å². The molecule has 0 bridgehead atoms. The van der Waals surface area contributed by atoms with E-state index in [1.165, 1.54) is 0 Å². The Labute approximate surface area is 159 Å². The molecule has 25 heavy (non-hydrogen) atoms. The van der Waals surface area contributed by atoms with Crippen LogP contribution in [-0.2, 0) is 18.4 Å². The Kier molecular flexibility index (Phi) is 4.57. The van der Waals surface area contributed by atoms with Gasteiger partial charge in [-0.15, -0.1) is 0 Å². The van der Waals surface area contributed by atoms with E-state index in [0.29, 0.717) is 0 Å². The third-order valence-electron chi connectivity index (χ3n) is 5.93. The summed E-state index contributed by atoms with van der Waals surface area (Å²) in [6.45, 7) is 2.03. The summed E-state index contributed by atoms with van der Waals surface area (Å²) >= 11 is 12.5. The molecule has 1 aliphatic heterocycles. The van der Waals surface area contributed by atoms with E-state index in [2.05, 4.69) is 11.9 Å². The molecule has 2 aliphatic rings. The summed E-state index contributed by atoms with van der Waals surface area (Å²) in [5, 5.41) is 13.6. The smallest absolute Gasteiger partial charge is 0.118 e. The summed E-state index contributed by atoms with van der Waals surface area (Å²) in [6, 6.07) is 11.9. The van der Waals surface area contributed by atoms with E-state index in [9.17, 15) is 5.11 Å². The van der Waals surface area contributed by atoms with E-state index < -0.39 is 5.60 Å². The summed E-state index contributed by atoms with van der Waals surface area (Å²) in [5.41, 5.74) is 3.37. The molecule has 0 spiro atoms. The number of benzene rings is 2. The van der Waals surface area contributed by atoms with Gasteiger partial charge in [0.2, 0.25) is 0 Å². The SMILES string of the molecule is CN1CCC(C2(O)c3ccc(Cl)cc3CCc3cc(Cl)ccc32)CC1. The van der Waals surface area contributed by atoms with Crippen LogP contribution < -0.4 is 0 Å². The van der Waals surface area contributed by atoms with Crippen LogP contribution in [0.4, 0.5) is 0 Å². The largest absolute Gasteiger partial charge is 0.380 e. The molecular weight excluding hydrogens is 353 g/mol. The highest BCUT2D eigenvalue weighted by Gasteiger charge is 2.44. The number of likely N-dealkylation sites (tertiary alicyclic amines) is 1. The van der Waals surface area contributed by atoms with Crippen molar-refractivity contribution < 1.29 is 5.11 Å². The molecule has 0 saturated carbocycles. The van der Waals surface area contributed by atoms with Crippen LogP contribution >= 0.6 is 23.2 Å². The van der Waals surface area contributed by atoms with E-state index in [0.717, 1.165) is 71.1 Å². The number of fused-ring (bicyclic) bond motifs is 2. The zero-order chi connectivity index (χ0) is 17.6. The van der Waals surface area contributed by atoms with E-state index >= 15 is 0 Å². The molecule has 4 heteroatoms. The second-order valence-corrected chi connectivity index (χ2v) is 8.32. The fraction of sp³-hybridized carbons (Fsp3) is 0.429. The maximum atomic E-state index is 12.1. The third kappa shape index (κ3) is 3.00. The molecular formula is C21H23Cl2NO. The van der Waals surface area contributed by atoms with Crippen LogP contribution in [0.5, 0.6) is 0 Å². The van der Waals surface area contributed by atoms with Crippen molar-refractivity contribution in [2.75, 3.05) is 20.1 Å². The Morgan fingerprint density at radius 2 is 1.40 bits per heavy atom. The lowest BCUT2D eigenvalue weighted by atomic mass is 9.70. The molecule has 2 aromatic rings. The fourth-order valence-electron chi connectivity index (χ4n) is 4.56. The number of nitrogens with zero attached hydrogens (tertiary/aromatic N) is 1. The first-order valence-corrected chi connectivity index (χ1v) is 9.73. The summed E-state index contributed by atoms with van der Waals surface area (Å²) in [4.78, 5) is 2.34. The Balaban J connectivity index is 1.91. The molecule has 0 unspecified atom stereocenters. The van der Waals surface area contributed by atoms with Crippen LogP contribution in [0, 0.1) is 5.92 Å². The predicted molar refractivity (Wildman–Crippen MR) is 104 cm³/mol. The van der Waals surface area contributed by atoms with Gasteiger partial charge in [0.05, 0.1) is 0 Å². The number of piperidine rings is 1. The summed E-state index contributed by atoms with van der Waals surface area (Å²) < 4.78 is 0. The van der Waals surface area contributed by atoms with Gasteiger partial charge in [0.25, 0.3) is 0 Å². The van der Waals surface area contributed by atoms with Gasteiger partial charge in [0, 0.05) is 10.0 Å². The predicted octanol–water partition coefficient (Wildman–Crippen LogP) is 4.67. The lowest BCUT2D eigenvalue weighted by Gasteiger charge is -2.42. The van der Waals surface area contributed by atoms with Gasteiger partial charge >= 0.3 is 0 Å². The number of rotatable bonds is 1. The van der Waals surface area contributed by atoms with Gasteiger partial charge < -0.3 is 10.0 Å². The van der Waals surface area contributed by atoms with Crippen LogP contribution in [0.3, 0.4) is 0 Å². The molecule has 0 atom stereocenters. The Bertz CT molecular complexity index is 743. The van der Waals surface area contributed by atoms with Gasteiger partial charge in [-0.25, -0.2) is 0 Å². The molecule has 4 rings (SSSR count). The standard InChI is InChI=1S/C21H23Cl2NO/c1-24-10-8-16(9-11-24)21(25)19-6-4-17(22)12-14(19)2-3-15-13-18(23)5-7-20(15)21/h4-7,12-13,16,25H,2-3,8-11H2,1H3. The molecule has 2 nitrogen and oxygen atoms in total. The topological polar surface area (TPSA) is 23.5 Å². The van der Waals surface area contributed by atoms with Crippen LogP contribution in [0.15, 0.2) is 36.4 Å². The molecule has 1 aliphatic carbocycles. The fourth-order valence-corrected chi connectivity index (χ4v) is 4.95. The van der Waals surface area contributed by atoms with Crippen LogP contribution in [-0.4, -0.2) is 30.1 Å². The maximum absolute atomic E-state index is 12.1. The second-order valence-electron chi connectivity index (χ2n) is 7.45. The molecule has 132 valence electrons. The molecule has 0 amide bonds. The van der Waals surface area contributed by atoms with Gasteiger partial charge in [-0.05, 0) is 98.3 Å². The minimum Gasteiger partial charge on any atom is -0.380 e. The first-order chi connectivity index (χ1) is 12.0. The summed E-state index contributed by atoms with van der Waals surface area (Å²) in [6.07, 6.45) is 3.71. The molecule has 2 aromatic carbocycles. The van der Waals surface area contributed by atoms with E-state index in [4.69, 9.17) is 23.2 Å². The molecule has 1 fully saturated rings. The Hall–Kier alpha value is -1.06. The molecule has 1 saturated heterocycles. The quantitative estimate of drug-likeness (QED) is 0.782. The molecule has 1 N–H and O–H groups in total. The first-order valence-electron chi connectivity index (χ1n) is 8.97. The zero-order valence-corrected chi connectivity index (χ0v) is 15.9. The van der Waals surface area contributed by atoms with Gasteiger partial charge in [0.1, 0.15) is 5.60 Å². The van der Waals surface area contributed by atoms with E-state index in [-0.39, 0.29) is 5.92 Å². The van der Waals surface area contributed by atoms with Gasteiger partial charge in [-0.3, -0.25) is 0 Å². The first kappa shape index (κ1) is 17.4. The highest BCUT2D eigenvalue weighted by atomic mass is 35.5. The highest BCUT2D eigenvalue weighted by molar-refractivity contribution is 6.31. The van der Waals surface area contributed by atoms with Crippen LogP contribution in [0.1, 0.15) is 35.1 Å². The minimum absolute atomic E-state index is 0.196. The second kappa shape index (κ2) is 6.59. The van der Waals surface area contributed by atoms with E-state index in [1.54, 1.807) is 0 Å². The Morgan fingerprint density at radius 3 is 1.88 bits per heavy atom. The number of hydrogen-bond donors (Lipinski definition) is 1. The van der Waals surface area contributed by atoms with Gasteiger partial charge in [-0.2, -0.15) is 0 Å². The zero-order valence-electron chi connectivity index (χ0n) is 14.4. The number of hydrogen-bond acceptors (Lipinski definition) is 2. The number of aryl methyl sites for hydroxylation is 2. The average molecular weight is 376 g/mol. The van der Waals surface area contributed by atoms with Crippen molar-refractivity contribution in [1.82, 2.24) is 4.90 Å². The summed E-state index contributed by atoms with van der Waals surface area (Å²) in [7, 11) is 2.15. The normalized spacial score (nSPS) is 20.6.